The minimum absolute atomic E-state index is 0.0243. The smallest absolute Gasteiger partial charge is 0.299 e. The lowest BCUT2D eigenvalue weighted by Crippen LogP contribution is -2.43. The van der Waals surface area contributed by atoms with Crippen LogP contribution in [0.15, 0.2) is 23.8 Å². The van der Waals surface area contributed by atoms with Gasteiger partial charge in [0, 0.05) is 6.42 Å². The van der Waals surface area contributed by atoms with E-state index in [1.807, 2.05) is 0 Å². The molecule has 0 bridgehead atoms. The van der Waals surface area contributed by atoms with Gasteiger partial charge in [-0.05, 0) is 31.8 Å². The first kappa shape index (κ1) is 12.4. The summed E-state index contributed by atoms with van der Waals surface area (Å²) in [6.07, 6.45) is 2.26. The zero-order valence-electron chi connectivity index (χ0n) is 8.90. The topological polar surface area (TPSA) is 74.6 Å². The molecule has 1 aliphatic carbocycles. The zero-order valence-corrected chi connectivity index (χ0v) is 9.71. The Kier molecular flexibility index (Phi) is 3.09. The van der Waals surface area contributed by atoms with Gasteiger partial charge in [-0.15, -0.1) is 0 Å². The van der Waals surface area contributed by atoms with E-state index in [-0.39, 0.29) is 17.9 Å². The van der Waals surface area contributed by atoms with E-state index in [4.69, 9.17) is 4.55 Å². The summed E-state index contributed by atoms with van der Waals surface area (Å²) in [4.78, 5) is -2.14. The minimum Gasteiger partial charge on any atom is -0.369 e. The van der Waals surface area contributed by atoms with Gasteiger partial charge in [-0.25, -0.2) is 0 Å². The number of allylic oxidation sites excluding steroid dienone is 2. The van der Waals surface area contributed by atoms with Crippen molar-refractivity contribution in [3.63, 3.8) is 0 Å². The van der Waals surface area contributed by atoms with Crippen molar-refractivity contribution in [2.75, 3.05) is 0 Å². The molecule has 0 aliphatic heterocycles. The second kappa shape index (κ2) is 3.73. The molecule has 0 spiro atoms. The Bertz CT molecular complexity index is 407. The molecule has 2 atom stereocenters. The summed E-state index contributed by atoms with van der Waals surface area (Å²) in [5, 5.41) is 9.95. The predicted molar refractivity (Wildman–Crippen MR) is 57.8 cm³/mol. The normalized spacial score (nSPS) is 32.3. The zero-order chi connectivity index (χ0) is 11.9. The van der Waals surface area contributed by atoms with Gasteiger partial charge in [0.05, 0.1) is 0 Å². The fourth-order valence-corrected chi connectivity index (χ4v) is 2.64. The molecule has 15 heavy (non-hydrogen) atoms. The molecule has 1 aliphatic rings. The highest BCUT2D eigenvalue weighted by Gasteiger charge is 2.46. The molecule has 0 aromatic heterocycles. The van der Waals surface area contributed by atoms with Crippen LogP contribution in [0.4, 0.5) is 0 Å². The first-order valence-corrected chi connectivity index (χ1v) is 6.14. The van der Waals surface area contributed by atoms with Crippen LogP contribution < -0.4 is 0 Å². The molecule has 0 aromatic rings. The molecule has 0 heterocycles. The maximum Gasteiger partial charge on any atom is 0.299 e. The van der Waals surface area contributed by atoms with Gasteiger partial charge < -0.3 is 5.11 Å². The van der Waals surface area contributed by atoms with E-state index in [1.54, 1.807) is 13.0 Å². The van der Waals surface area contributed by atoms with Crippen LogP contribution in [0.2, 0.25) is 0 Å². The van der Waals surface area contributed by atoms with Gasteiger partial charge in [0.25, 0.3) is 10.1 Å². The number of hydrogen-bond donors (Lipinski definition) is 2. The second-order valence-corrected chi connectivity index (χ2v) is 5.76. The van der Waals surface area contributed by atoms with E-state index in [2.05, 4.69) is 6.58 Å². The Morgan fingerprint density at radius 2 is 2.20 bits per heavy atom. The predicted octanol–water partition coefficient (Wildman–Crippen LogP) is 1.50. The summed E-state index contributed by atoms with van der Waals surface area (Å²) in [6.45, 7) is 7.02. The van der Waals surface area contributed by atoms with Crippen molar-refractivity contribution in [2.24, 2.45) is 5.92 Å². The average Bonchev–Trinajstić information content (AvgIpc) is 2.07. The summed E-state index contributed by atoms with van der Waals surface area (Å²) >= 11 is 0. The number of rotatable bonds is 2. The summed E-state index contributed by atoms with van der Waals surface area (Å²) in [5.41, 5.74) is 1.09. The second-order valence-electron chi connectivity index (χ2n) is 4.13. The summed E-state index contributed by atoms with van der Waals surface area (Å²) in [7, 11) is -4.49. The average molecular weight is 232 g/mol. The quantitative estimate of drug-likeness (QED) is 0.559. The SMILES string of the molecule is C=C(C)C1CC=C(C)C(O)(S(=O)(=O)O)C1. The Hall–Kier alpha value is -0.650. The van der Waals surface area contributed by atoms with Crippen LogP contribution in [0.5, 0.6) is 0 Å². The number of hydrogen-bond acceptors (Lipinski definition) is 3. The van der Waals surface area contributed by atoms with Crippen LogP contribution in [0.25, 0.3) is 0 Å². The Balaban J connectivity index is 3.15. The van der Waals surface area contributed by atoms with Gasteiger partial charge >= 0.3 is 0 Å². The van der Waals surface area contributed by atoms with Crippen LogP contribution in [0.3, 0.4) is 0 Å². The third-order valence-electron chi connectivity index (χ3n) is 2.97. The first-order valence-electron chi connectivity index (χ1n) is 4.70. The molecule has 0 saturated heterocycles. The third kappa shape index (κ3) is 2.14. The molecule has 0 radical (unpaired) electrons. The van der Waals surface area contributed by atoms with Crippen LogP contribution in [0, 0.1) is 5.92 Å². The van der Waals surface area contributed by atoms with Crippen molar-refractivity contribution in [3.8, 4) is 0 Å². The maximum absolute atomic E-state index is 11.1. The minimum atomic E-state index is -4.49. The fraction of sp³-hybridized carbons (Fsp3) is 0.600. The Morgan fingerprint density at radius 3 is 2.60 bits per heavy atom. The van der Waals surface area contributed by atoms with Crippen LogP contribution in [-0.4, -0.2) is 23.0 Å². The monoisotopic (exact) mass is 232 g/mol. The highest BCUT2D eigenvalue weighted by Crippen LogP contribution is 2.38. The maximum atomic E-state index is 11.1. The molecule has 0 amide bonds. The van der Waals surface area contributed by atoms with Crippen molar-refractivity contribution in [2.45, 2.75) is 31.6 Å². The third-order valence-corrected chi connectivity index (χ3v) is 4.31. The molecule has 0 aromatic carbocycles. The molecule has 86 valence electrons. The van der Waals surface area contributed by atoms with Crippen molar-refractivity contribution < 1.29 is 18.1 Å². The summed E-state index contributed by atoms with van der Waals surface area (Å²) < 4.78 is 31.3. The highest BCUT2D eigenvalue weighted by atomic mass is 32.2. The van der Waals surface area contributed by atoms with E-state index < -0.39 is 15.1 Å². The van der Waals surface area contributed by atoms with Crippen LogP contribution >= 0.6 is 0 Å². The lowest BCUT2D eigenvalue weighted by atomic mass is 9.84. The highest BCUT2D eigenvalue weighted by molar-refractivity contribution is 7.87. The van der Waals surface area contributed by atoms with Crippen molar-refractivity contribution >= 4 is 10.1 Å². The molecule has 0 fully saturated rings. The first-order chi connectivity index (χ1) is 6.68. The van der Waals surface area contributed by atoms with Gasteiger partial charge in [-0.3, -0.25) is 4.55 Å². The standard InChI is InChI=1S/C10H16O4S/c1-7(2)9-5-4-8(3)10(11,6-9)15(12,13)14/h4,9,11H,1,5-6H2,2-3H3,(H,12,13,14). The summed E-state index contributed by atoms with van der Waals surface area (Å²) in [6, 6.07) is 0. The number of aliphatic hydroxyl groups is 1. The van der Waals surface area contributed by atoms with Gasteiger partial charge in [0.15, 0.2) is 0 Å². The molecule has 2 N–H and O–H groups in total. The largest absolute Gasteiger partial charge is 0.369 e. The van der Waals surface area contributed by atoms with Crippen molar-refractivity contribution in [1.82, 2.24) is 0 Å². The molecular formula is C10H16O4S. The lowest BCUT2D eigenvalue weighted by molar-refractivity contribution is 0.117. The van der Waals surface area contributed by atoms with E-state index in [9.17, 15) is 13.5 Å². The van der Waals surface area contributed by atoms with Crippen LogP contribution in [-0.2, 0) is 10.1 Å². The van der Waals surface area contributed by atoms with E-state index in [0.29, 0.717) is 6.42 Å². The van der Waals surface area contributed by atoms with E-state index >= 15 is 0 Å². The van der Waals surface area contributed by atoms with Crippen LogP contribution in [0.1, 0.15) is 26.7 Å². The van der Waals surface area contributed by atoms with E-state index in [0.717, 1.165) is 5.57 Å². The summed E-state index contributed by atoms with van der Waals surface area (Å²) in [5.74, 6) is -0.111. The lowest BCUT2D eigenvalue weighted by Gasteiger charge is -2.34. The van der Waals surface area contributed by atoms with Gasteiger partial charge in [-0.2, -0.15) is 8.42 Å². The molecule has 5 heteroatoms. The molecule has 1 rings (SSSR count). The van der Waals surface area contributed by atoms with Gasteiger partial charge in [-0.1, -0.05) is 18.2 Å². The van der Waals surface area contributed by atoms with Crippen molar-refractivity contribution in [3.05, 3.63) is 23.8 Å². The molecular weight excluding hydrogens is 216 g/mol. The van der Waals surface area contributed by atoms with Gasteiger partial charge in [0.1, 0.15) is 0 Å². The van der Waals surface area contributed by atoms with E-state index in [1.165, 1.54) is 6.92 Å². The molecule has 0 saturated carbocycles. The Morgan fingerprint density at radius 1 is 1.67 bits per heavy atom. The Labute approximate surface area is 90.1 Å². The fourth-order valence-electron chi connectivity index (χ4n) is 1.74. The molecule has 4 nitrogen and oxygen atoms in total. The molecule has 2 unspecified atom stereocenters. The van der Waals surface area contributed by atoms with Gasteiger partial charge in [0.2, 0.25) is 4.93 Å². The van der Waals surface area contributed by atoms with Crippen molar-refractivity contribution in [1.29, 1.82) is 0 Å².